The number of allylic oxidation sites excluding steroid dienone is 1. The van der Waals surface area contributed by atoms with Crippen LogP contribution in [0.2, 0.25) is 0 Å². The molecule has 0 spiro atoms. The fourth-order valence-electron chi connectivity index (χ4n) is 3.59. The van der Waals surface area contributed by atoms with Crippen molar-refractivity contribution in [3.63, 3.8) is 0 Å². The fraction of sp³-hybridized carbons (Fsp3) is 0.227. The van der Waals surface area contributed by atoms with Crippen LogP contribution in [0.15, 0.2) is 60.3 Å². The van der Waals surface area contributed by atoms with Crippen molar-refractivity contribution in [1.82, 2.24) is 29.4 Å². The van der Waals surface area contributed by atoms with Gasteiger partial charge in [-0.25, -0.2) is 24.2 Å². The standard InChI is InChI=1S/C22H21N7O3/c1-14(2)18-12-32-22(31)29(18)19-7-8-28-21(25-19)17(11-24-28)15-3-5-16(6-4-15)20-23-13-27(26-20)9-10-30/h3-8,11,13,30H,9-10,12H2,1-2H3. The Morgan fingerprint density at radius 3 is 2.69 bits per heavy atom. The number of aliphatic hydroxyl groups is 1. The number of aliphatic hydroxyl groups excluding tert-OH is 1. The van der Waals surface area contributed by atoms with Crippen molar-refractivity contribution >= 4 is 17.6 Å². The fourth-order valence-corrected chi connectivity index (χ4v) is 3.59. The summed E-state index contributed by atoms with van der Waals surface area (Å²) in [5, 5.41) is 17.8. The maximum absolute atomic E-state index is 12.3. The highest BCUT2D eigenvalue weighted by molar-refractivity contribution is 5.93. The van der Waals surface area contributed by atoms with Crippen LogP contribution in [0.25, 0.3) is 28.2 Å². The predicted octanol–water partition coefficient (Wildman–Crippen LogP) is 2.90. The number of benzene rings is 1. The third kappa shape index (κ3) is 3.40. The van der Waals surface area contributed by atoms with Crippen molar-refractivity contribution in [1.29, 1.82) is 0 Å². The van der Waals surface area contributed by atoms with Gasteiger partial charge in [0.1, 0.15) is 18.8 Å². The van der Waals surface area contributed by atoms with E-state index in [1.807, 2.05) is 38.1 Å². The highest BCUT2D eigenvalue weighted by Crippen LogP contribution is 2.30. The number of fused-ring (bicyclic) bond motifs is 1. The molecular formula is C22H21N7O3. The first-order valence-electron chi connectivity index (χ1n) is 10.1. The van der Waals surface area contributed by atoms with Gasteiger partial charge in [-0.3, -0.25) is 4.68 Å². The van der Waals surface area contributed by atoms with Crippen LogP contribution in [0.3, 0.4) is 0 Å². The number of ether oxygens (including phenoxy) is 1. The van der Waals surface area contributed by atoms with Crippen molar-refractivity contribution in [2.75, 3.05) is 18.1 Å². The summed E-state index contributed by atoms with van der Waals surface area (Å²) < 4.78 is 8.49. The van der Waals surface area contributed by atoms with Gasteiger partial charge in [0.2, 0.25) is 0 Å². The van der Waals surface area contributed by atoms with E-state index in [0.29, 0.717) is 23.8 Å². The van der Waals surface area contributed by atoms with Gasteiger partial charge >= 0.3 is 6.09 Å². The van der Waals surface area contributed by atoms with Gasteiger partial charge in [0, 0.05) is 23.4 Å². The summed E-state index contributed by atoms with van der Waals surface area (Å²) in [7, 11) is 0. The van der Waals surface area contributed by atoms with Gasteiger partial charge in [0.05, 0.1) is 25.0 Å². The number of amides is 1. The van der Waals surface area contributed by atoms with E-state index >= 15 is 0 Å². The van der Waals surface area contributed by atoms with E-state index in [-0.39, 0.29) is 13.2 Å². The molecule has 1 aliphatic rings. The smallest absolute Gasteiger partial charge is 0.420 e. The van der Waals surface area contributed by atoms with Gasteiger partial charge in [-0.15, -0.1) is 0 Å². The number of anilines is 1. The molecule has 10 heteroatoms. The predicted molar refractivity (Wildman–Crippen MR) is 117 cm³/mol. The number of nitrogens with zero attached hydrogens (tertiary/aromatic N) is 7. The summed E-state index contributed by atoms with van der Waals surface area (Å²) in [5.74, 6) is 1.08. The normalized spacial score (nSPS) is 13.8. The molecule has 0 atom stereocenters. The third-order valence-electron chi connectivity index (χ3n) is 5.27. The molecule has 1 N–H and O–H groups in total. The van der Waals surface area contributed by atoms with Gasteiger partial charge in [-0.05, 0) is 19.4 Å². The average molecular weight is 431 g/mol. The molecule has 1 fully saturated rings. The zero-order chi connectivity index (χ0) is 22.2. The average Bonchev–Trinajstić information content (AvgIpc) is 3.52. The lowest BCUT2D eigenvalue weighted by Crippen LogP contribution is -2.24. The number of hydrogen-bond donors (Lipinski definition) is 1. The molecule has 4 heterocycles. The molecule has 0 bridgehead atoms. The minimum absolute atomic E-state index is 0.00964. The zero-order valence-electron chi connectivity index (χ0n) is 17.6. The second kappa shape index (κ2) is 7.89. The maximum atomic E-state index is 12.3. The Balaban J connectivity index is 1.50. The monoisotopic (exact) mass is 431 g/mol. The molecule has 10 nitrogen and oxygen atoms in total. The molecule has 3 aromatic heterocycles. The van der Waals surface area contributed by atoms with Gasteiger partial charge in [-0.2, -0.15) is 10.2 Å². The first-order chi connectivity index (χ1) is 15.5. The summed E-state index contributed by atoms with van der Waals surface area (Å²) >= 11 is 0. The number of carbonyl (C=O) groups excluding carboxylic acids is 1. The van der Waals surface area contributed by atoms with E-state index in [9.17, 15) is 4.79 Å². The van der Waals surface area contributed by atoms with Crippen LogP contribution < -0.4 is 4.90 Å². The maximum Gasteiger partial charge on any atom is 0.420 e. The minimum Gasteiger partial charge on any atom is -0.442 e. The van der Waals surface area contributed by atoms with Crippen molar-refractivity contribution in [3.05, 3.63) is 60.3 Å². The second-order valence-electron chi connectivity index (χ2n) is 7.58. The third-order valence-corrected chi connectivity index (χ3v) is 5.27. The number of cyclic esters (lactones) is 1. The van der Waals surface area contributed by atoms with Crippen molar-refractivity contribution in [3.8, 4) is 22.5 Å². The quantitative estimate of drug-likeness (QED) is 0.517. The molecule has 162 valence electrons. The topological polar surface area (TPSA) is 111 Å². The summed E-state index contributed by atoms with van der Waals surface area (Å²) in [6, 6.07) is 9.52. The second-order valence-corrected chi connectivity index (χ2v) is 7.58. The van der Waals surface area contributed by atoms with Gasteiger partial charge in [0.25, 0.3) is 0 Å². The summed E-state index contributed by atoms with van der Waals surface area (Å²) in [4.78, 5) is 22.8. The van der Waals surface area contributed by atoms with Crippen molar-refractivity contribution in [2.45, 2.75) is 20.4 Å². The van der Waals surface area contributed by atoms with Crippen LogP contribution in [-0.4, -0.2) is 53.8 Å². The Morgan fingerprint density at radius 2 is 1.94 bits per heavy atom. The van der Waals surface area contributed by atoms with E-state index in [4.69, 9.17) is 14.8 Å². The Labute approximate surface area is 183 Å². The molecule has 0 radical (unpaired) electrons. The van der Waals surface area contributed by atoms with Crippen LogP contribution in [0.5, 0.6) is 0 Å². The SMILES string of the molecule is CC(C)=C1COC(=O)N1c1ccn2ncc(-c3ccc(-c4ncn(CCO)n4)cc3)c2n1. The molecule has 5 rings (SSSR count). The van der Waals surface area contributed by atoms with Crippen molar-refractivity contribution < 1.29 is 14.6 Å². The van der Waals surface area contributed by atoms with Crippen LogP contribution in [0.1, 0.15) is 13.8 Å². The van der Waals surface area contributed by atoms with Crippen molar-refractivity contribution in [2.24, 2.45) is 0 Å². The number of aromatic nitrogens is 6. The highest BCUT2D eigenvalue weighted by Gasteiger charge is 2.31. The Bertz CT molecular complexity index is 1330. The van der Waals surface area contributed by atoms with Gasteiger partial charge < -0.3 is 9.84 Å². The lowest BCUT2D eigenvalue weighted by atomic mass is 10.1. The molecule has 1 amide bonds. The van der Waals surface area contributed by atoms with E-state index < -0.39 is 6.09 Å². The van der Waals surface area contributed by atoms with Crippen LogP contribution >= 0.6 is 0 Å². The lowest BCUT2D eigenvalue weighted by Gasteiger charge is -2.15. The van der Waals surface area contributed by atoms with E-state index in [1.165, 1.54) is 4.90 Å². The Kier molecular flexibility index (Phi) is 4.91. The summed E-state index contributed by atoms with van der Waals surface area (Å²) in [5.41, 5.74) is 5.05. The number of hydrogen-bond acceptors (Lipinski definition) is 7. The molecular weight excluding hydrogens is 410 g/mol. The molecule has 0 aliphatic carbocycles. The number of carbonyl (C=O) groups is 1. The Morgan fingerprint density at radius 1 is 1.16 bits per heavy atom. The summed E-state index contributed by atoms with van der Waals surface area (Å²) in [6.07, 6.45) is 4.69. The first-order valence-corrected chi connectivity index (χ1v) is 10.1. The van der Waals surface area contributed by atoms with Gasteiger partial charge in [-0.1, -0.05) is 29.8 Å². The van der Waals surface area contributed by atoms with E-state index in [0.717, 1.165) is 28.0 Å². The molecule has 1 aliphatic heterocycles. The molecule has 4 aromatic rings. The molecule has 32 heavy (non-hydrogen) atoms. The lowest BCUT2D eigenvalue weighted by molar-refractivity contribution is 0.182. The first kappa shape index (κ1) is 19.9. The molecule has 1 saturated heterocycles. The largest absolute Gasteiger partial charge is 0.442 e. The van der Waals surface area contributed by atoms with Crippen LogP contribution in [0, 0.1) is 0 Å². The van der Waals surface area contributed by atoms with Gasteiger partial charge in [0.15, 0.2) is 11.5 Å². The van der Waals surface area contributed by atoms with Crippen LogP contribution in [-0.2, 0) is 11.3 Å². The van der Waals surface area contributed by atoms with Crippen LogP contribution in [0.4, 0.5) is 10.6 Å². The minimum atomic E-state index is -0.434. The molecule has 1 aromatic carbocycles. The van der Waals surface area contributed by atoms with E-state index in [2.05, 4.69) is 15.2 Å². The Hall–Kier alpha value is -4.05. The summed E-state index contributed by atoms with van der Waals surface area (Å²) in [6.45, 7) is 4.53. The molecule has 0 saturated carbocycles. The zero-order valence-corrected chi connectivity index (χ0v) is 17.6. The highest BCUT2D eigenvalue weighted by atomic mass is 16.6. The van der Waals surface area contributed by atoms with E-state index in [1.54, 1.807) is 34.0 Å². The molecule has 0 unspecified atom stereocenters. The number of rotatable bonds is 5.